The molecule has 1 amide bonds. The van der Waals surface area contributed by atoms with E-state index in [9.17, 15) is 4.79 Å². The molecule has 0 aromatic heterocycles. The Morgan fingerprint density at radius 3 is 2.56 bits per heavy atom. The third-order valence-corrected chi connectivity index (χ3v) is 1.40. The second-order valence-corrected chi connectivity index (χ2v) is 2.05. The molecular formula is C5H12CaN2O. The molecule has 1 saturated heterocycles. The monoisotopic (exact) mass is 156 g/mol. The van der Waals surface area contributed by atoms with Crippen molar-refractivity contribution in [3.63, 3.8) is 0 Å². The Bertz CT molecular complexity index is 101. The maximum atomic E-state index is 10.4. The quantitative estimate of drug-likeness (QED) is 0.445. The molecule has 0 bridgehead atoms. The second-order valence-electron chi connectivity index (χ2n) is 2.05. The molecule has 0 aliphatic carbocycles. The standard InChI is InChI=1S/C5H10N2O.Ca.2H/c6-5(8)4-2-1-3-7-4;;;/h4,7H,1-3H2,(H2,6,8);;;/t4-;;;/m0.../s1. The number of hydrogen-bond acceptors (Lipinski definition) is 2. The first kappa shape index (κ1) is 9.69. The molecule has 1 atom stereocenters. The van der Waals surface area contributed by atoms with Crippen LogP contribution in [0.4, 0.5) is 0 Å². The summed E-state index contributed by atoms with van der Waals surface area (Å²) in [6, 6.07) is -0.0463. The van der Waals surface area contributed by atoms with Crippen molar-refractivity contribution in [3.05, 3.63) is 0 Å². The van der Waals surface area contributed by atoms with Gasteiger partial charge in [-0.3, -0.25) is 4.79 Å². The van der Waals surface area contributed by atoms with Gasteiger partial charge < -0.3 is 11.1 Å². The normalized spacial score (nSPS) is 25.1. The van der Waals surface area contributed by atoms with Crippen molar-refractivity contribution in [2.75, 3.05) is 6.54 Å². The van der Waals surface area contributed by atoms with Crippen LogP contribution in [-0.4, -0.2) is 56.2 Å². The van der Waals surface area contributed by atoms with Crippen molar-refractivity contribution in [3.8, 4) is 0 Å². The fourth-order valence-electron chi connectivity index (χ4n) is 0.927. The maximum absolute atomic E-state index is 10.4. The molecule has 0 radical (unpaired) electrons. The predicted molar refractivity (Wildman–Crippen MR) is 38.8 cm³/mol. The molecule has 9 heavy (non-hydrogen) atoms. The molecule has 1 fully saturated rings. The van der Waals surface area contributed by atoms with Crippen LogP contribution in [0.1, 0.15) is 12.8 Å². The summed E-state index contributed by atoms with van der Waals surface area (Å²) in [5.41, 5.74) is 5.00. The first-order chi connectivity index (χ1) is 3.80. The van der Waals surface area contributed by atoms with Gasteiger partial charge in [-0.25, -0.2) is 0 Å². The summed E-state index contributed by atoms with van der Waals surface area (Å²) in [6.45, 7) is 0.938. The molecule has 0 saturated carbocycles. The van der Waals surface area contributed by atoms with E-state index in [1.165, 1.54) is 0 Å². The number of rotatable bonds is 1. The Labute approximate surface area is 84.4 Å². The van der Waals surface area contributed by atoms with Crippen LogP contribution >= 0.6 is 0 Å². The Morgan fingerprint density at radius 1 is 1.67 bits per heavy atom. The number of carbonyl (C=O) groups is 1. The van der Waals surface area contributed by atoms with Crippen molar-refractivity contribution >= 4 is 43.6 Å². The predicted octanol–water partition coefficient (Wildman–Crippen LogP) is -1.69. The molecule has 3 nitrogen and oxygen atoms in total. The van der Waals surface area contributed by atoms with Gasteiger partial charge in [0.1, 0.15) is 0 Å². The summed E-state index contributed by atoms with van der Waals surface area (Å²) in [5, 5.41) is 2.98. The molecule has 0 spiro atoms. The third-order valence-electron chi connectivity index (χ3n) is 1.40. The molecule has 1 aliphatic rings. The number of nitrogens with one attached hydrogen (secondary N) is 1. The van der Waals surface area contributed by atoms with Crippen molar-refractivity contribution in [2.45, 2.75) is 18.9 Å². The Balaban J connectivity index is 0.000000640. The van der Waals surface area contributed by atoms with E-state index in [0.717, 1.165) is 19.4 Å². The summed E-state index contributed by atoms with van der Waals surface area (Å²) in [4.78, 5) is 10.4. The first-order valence-corrected chi connectivity index (χ1v) is 2.83. The van der Waals surface area contributed by atoms with Crippen LogP contribution in [0, 0.1) is 0 Å². The SMILES string of the molecule is NC(=O)[C@@H]1CCCN1.[CaH2]. The molecule has 0 aromatic carbocycles. The number of carbonyl (C=O) groups excluding carboxylic acids is 1. The van der Waals surface area contributed by atoms with Gasteiger partial charge in [0.2, 0.25) is 5.91 Å². The van der Waals surface area contributed by atoms with Gasteiger partial charge in [-0.05, 0) is 19.4 Å². The van der Waals surface area contributed by atoms with Gasteiger partial charge >= 0.3 is 37.7 Å². The average Bonchev–Trinajstić information content (AvgIpc) is 2.12. The van der Waals surface area contributed by atoms with Gasteiger partial charge in [-0.1, -0.05) is 0 Å². The summed E-state index contributed by atoms with van der Waals surface area (Å²) >= 11 is 0. The molecular weight excluding hydrogens is 144 g/mol. The zero-order chi connectivity index (χ0) is 5.98. The van der Waals surface area contributed by atoms with Crippen LogP contribution in [-0.2, 0) is 4.79 Å². The second kappa shape index (κ2) is 4.50. The Kier molecular flexibility index (Phi) is 4.84. The van der Waals surface area contributed by atoms with Crippen LogP contribution in [0.2, 0.25) is 0 Å². The first-order valence-electron chi connectivity index (χ1n) is 2.83. The van der Waals surface area contributed by atoms with E-state index in [1.54, 1.807) is 0 Å². The summed E-state index contributed by atoms with van der Waals surface area (Å²) in [7, 11) is 0. The van der Waals surface area contributed by atoms with E-state index < -0.39 is 0 Å². The molecule has 1 rings (SSSR count). The van der Waals surface area contributed by atoms with E-state index in [4.69, 9.17) is 5.73 Å². The molecule has 3 N–H and O–H groups in total. The Morgan fingerprint density at radius 2 is 2.33 bits per heavy atom. The van der Waals surface area contributed by atoms with Crippen LogP contribution < -0.4 is 11.1 Å². The van der Waals surface area contributed by atoms with Crippen molar-refractivity contribution in [2.24, 2.45) is 5.73 Å². The number of nitrogens with two attached hydrogens (primary N) is 1. The minimum absolute atomic E-state index is 0. The van der Waals surface area contributed by atoms with E-state index >= 15 is 0 Å². The van der Waals surface area contributed by atoms with Crippen LogP contribution in [0.3, 0.4) is 0 Å². The fourth-order valence-corrected chi connectivity index (χ4v) is 0.927. The number of primary amides is 1. The molecule has 4 heteroatoms. The summed E-state index contributed by atoms with van der Waals surface area (Å²) < 4.78 is 0. The molecule has 0 aromatic rings. The molecule has 50 valence electrons. The topological polar surface area (TPSA) is 55.1 Å². The van der Waals surface area contributed by atoms with Crippen molar-refractivity contribution in [1.82, 2.24) is 5.32 Å². The summed E-state index contributed by atoms with van der Waals surface area (Å²) in [5.74, 6) is -0.220. The van der Waals surface area contributed by atoms with Gasteiger partial charge in [0.15, 0.2) is 0 Å². The zero-order valence-electron chi connectivity index (χ0n) is 4.68. The average molecular weight is 156 g/mol. The van der Waals surface area contributed by atoms with Crippen LogP contribution in [0.5, 0.6) is 0 Å². The molecule has 1 aliphatic heterocycles. The number of amides is 1. The van der Waals surface area contributed by atoms with E-state index in [-0.39, 0.29) is 49.7 Å². The minimum atomic E-state index is -0.220. The van der Waals surface area contributed by atoms with Crippen molar-refractivity contribution in [1.29, 1.82) is 0 Å². The van der Waals surface area contributed by atoms with Gasteiger partial charge in [0.05, 0.1) is 6.04 Å². The van der Waals surface area contributed by atoms with Gasteiger partial charge in [0, 0.05) is 0 Å². The van der Waals surface area contributed by atoms with Crippen LogP contribution in [0.25, 0.3) is 0 Å². The van der Waals surface area contributed by atoms with E-state index in [0.29, 0.717) is 0 Å². The van der Waals surface area contributed by atoms with Gasteiger partial charge in [-0.15, -0.1) is 0 Å². The van der Waals surface area contributed by atoms with E-state index in [1.807, 2.05) is 0 Å². The molecule has 1 heterocycles. The third kappa shape index (κ3) is 2.85. The van der Waals surface area contributed by atoms with Gasteiger partial charge in [0.25, 0.3) is 0 Å². The van der Waals surface area contributed by atoms with Gasteiger partial charge in [-0.2, -0.15) is 0 Å². The van der Waals surface area contributed by atoms with Crippen LogP contribution in [0.15, 0.2) is 0 Å². The Hall–Kier alpha value is 0.690. The zero-order valence-corrected chi connectivity index (χ0v) is 4.68. The van der Waals surface area contributed by atoms with E-state index in [2.05, 4.69) is 5.32 Å². The molecule has 0 unspecified atom stereocenters. The van der Waals surface area contributed by atoms with Crippen molar-refractivity contribution < 1.29 is 4.79 Å². The summed E-state index contributed by atoms with van der Waals surface area (Å²) in [6.07, 6.45) is 1.99. The fraction of sp³-hybridized carbons (Fsp3) is 0.800. The number of hydrogen-bond donors (Lipinski definition) is 2.